The molecular formula is C20H16N4O3S. The number of carbonyl (C=O) groups is 1. The first kappa shape index (κ1) is 18.1. The van der Waals surface area contributed by atoms with Gasteiger partial charge in [-0.05, 0) is 17.7 Å². The normalized spacial score (nSPS) is 19.2. The number of anilines is 1. The van der Waals surface area contributed by atoms with E-state index in [-0.39, 0.29) is 18.0 Å². The Morgan fingerprint density at radius 3 is 2.68 bits per heavy atom. The summed E-state index contributed by atoms with van der Waals surface area (Å²) in [5.41, 5.74) is 2.09. The molecule has 0 bridgehead atoms. The summed E-state index contributed by atoms with van der Waals surface area (Å²) < 4.78 is 0. The number of nitro groups is 1. The largest absolute Gasteiger partial charge is 0.344 e. The summed E-state index contributed by atoms with van der Waals surface area (Å²) in [5.74, 6) is 0.0775. The van der Waals surface area contributed by atoms with E-state index in [1.54, 1.807) is 17.0 Å². The van der Waals surface area contributed by atoms with E-state index in [9.17, 15) is 20.2 Å². The number of thioether (sulfide) groups is 1. The lowest BCUT2D eigenvalue weighted by molar-refractivity contribution is -0.384. The van der Waals surface area contributed by atoms with Crippen LogP contribution >= 0.6 is 11.8 Å². The van der Waals surface area contributed by atoms with Gasteiger partial charge in [-0.25, -0.2) is 0 Å². The Kier molecular flexibility index (Phi) is 4.75. The summed E-state index contributed by atoms with van der Waals surface area (Å²) in [4.78, 5) is 27.2. The minimum absolute atomic E-state index is 0.0405. The van der Waals surface area contributed by atoms with Gasteiger partial charge in [0.25, 0.3) is 5.69 Å². The predicted octanol–water partition coefficient (Wildman–Crippen LogP) is 3.81. The van der Waals surface area contributed by atoms with Crippen molar-refractivity contribution in [2.75, 3.05) is 17.4 Å². The molecule has 2 heterocycles. The first-order chi connectivity index (χ1) is 13.6. The summed E-state index contributed by atoms with van der Waals surface area (Å²) in [6, 6.07) is 18.3. The van der Waals surface area contributed by atoms with E-state index < -0.39 is 10.8 Å². The lowest BCUT2D eigenvalue weighted by atomic mass is 9.86. The van der Waals surface area contributed by atoms with Crippen LogP contribution in [0.3, 0.4) is 0 Å². The average Bonchev–Trinajstić information content (AvgIpc) is 2.74. The number of allylic oxidation sites excluding steroid dienone is 1. The number of nitro benzene ring substituents is 1. The maximum absolute atomic E-state index is 12.9. The Morgan fingerprint density at radius 1 is 1.18 bits per heavy atom. The molecule has 2 aliphatic rings. The van der Waals surface area contributed by atoms with Gasteiger partial charge in [0.15, 0.2) is 0 Å². The molecule has 0 spiro atoms. The van der Waals surface area contributed by atoms with Crippen molar-refractivity contribution in [3.8, 4) is 6.07 Å². The van der Waals surface area contributed by atoms with E-state index in [2.05, 4.69) is 11.0 Å². The standard InChI is InChI=1S/C20H16N4O3S/c21-11-18-17(14-5-4-8-16(9-14)24(26)27)10-19(25)23-12-22(13-28-20(18)23)15-6-2-1-3-7-15/h1-9,17H,10,12-13H2. The van der Waals surface area contributed by atoms with E-state index in [0.717, 1.165) is 5.69 Å². The number of nitrogens with zero attached hydrogens (tertiary/aromatic N) is 4. The number of nitriles is 1. The van der Waals surface area contributed by atoms with Gasteiger partial charge >= 0.3 is 0 Å². The fourth-order valence-corrected chi connectivity index (χ4v) is 4.67. The molecule has 2 aromatic rings. The maximum atomic E-state index is 12.9. The molecule has 1 amide bonds. The van der Waals surface area contributed by atoms with Crippen molar-refractivity contribution in [2.24, 2.45) is 0 Å². The molecule has 0 N–H and O–H groups in total. The Labute approximate surface area is 166 Å². The van der Waals surface area contributed by atoms with Crippen LogP contribution in [-0.2, 0) is 4.79 Å². The number of amides is 1. The molecule has 1 atom stereocenters. The van der Waals surface area contributed by atoms with Crippen LogP contribution in [0.2, 0.25) is 0 Å². The minimum Gasteiger partial charge on any atom is -0.344 e. The molecule has 1 fully saturated rings. The van der Waals surface area contributed by atoms with Crippen LogP contribution in [0.1, 0.15) is 17.9 Å². The quantitative estimate of drug-likeness (QED) is 0.583. The minimum atomic E-state index is -0.466. The van der Waals surface area contributed by atoms with Gasteiger partial charge < -0.3 is 4.90 Å². The third-order valence-electron chi connectivity index (χ3n) is 4.90. The van der Waals surface area contributed by atoms with E-state index in [1.165, 1.54) is 23.9 Å². The van der Waals surface area contributed by atoms with E-state index in [0.29, 0.717) is 28.7 Å². The smallest absolute Gasteiger partial charge is 0.269 e. The van der Waals surface area contributed by atoms with Crippen LogP contribution in [0, 0.1) is 21.4 Å². The monoisotopic (exact) mass is 392 g/mol. The fourth-order valence-electron chi connectivity index (χ4n) is 3.50. The highest BCUT2D eigenvalue weighted by Gasteiger charge is 2.38. The predicted molar refractivity (Wildman–Crippen MR) is 106 cm³/mol. The third kappa shape index (κ3) is 3.21. The zero-order chi connectivity index (χ0) is 19.7. The first-order valence-corrected chi connectivity index (χ1v) is 9.69. The highest BCUT2D eigenvalue weighted by molar-refractivity contribution is 8.03. The van der Waals surface area contributed by atoms with Crippen molar-refractivity contribution in [1.29, 1.82) is 5.26 Å². The van der Waals surface area contributed by atoms with Gasteiger partial charge in [0.1, 0.15) is 0 Å². The Morgan fingerprint density at radius 2 is 1.96 bits per heavy atom. The summed E-state index contributed by atoms with van der Waals surface area (Å²) in [5, 5.41) is 21.6. The van der Waals surface area contributed by atoms with Gasteiger partial charge in [0.2, 0.25) is 5.91 Å². The molecule has 7 nitrogen and oxygen atoms in total. The molecule has 0 aliphatic carbocycles. The van der Waals surface area contributed by atoms with Gasteiger partial charge in [-0.2, -0.15) is 5.26 Å². The maximum Gasteiger partial charge on any atom is 0.269 e. The van der Waals surface area contributed by atoms with Crippen molar-refractivity contribution in [2.45, 2.75) is 12.3 Å². The van der Waals surface area contributed by atoms with Crippen molar-refractivity contribution in [1.82, 2.24) is 4.90 Å². The van der Waals surface area contributed by atoms with Crippen molar-refractivity contribution >= 4 is 29.0 Å². The summed E-state index contributed by atoms with van der Waals surface area (Å²) in [7, 11) is 0. The van der Waals surface area contributed by atoms with Crippen molar-refractivity contribution in [3.63, 3.8) is 0 Å². The Balaban J connectivity index is 1.68. The Hall–Kier alpha value is -3.31. The first-order valence-electron chi connectivity index (χ1n) is 8.70. The topological polar surface area (TPSA) is 90.5 Å². The highest BCUT2D eigenvalue weighted by atomic mass is 32.2. The van der Waals surface area contributed by atoms with Gasteiger partial charge in [-0.15, -0.1) is 0 Å². The zero-order valence-electron chi connectivity index (χ0n) is 14.8. The number of benzene rings is 2. The third-order valence-corrected chi connectivity index (χ3v) is 6.05. The second-order valence-corrected chi connectivity index (χ2v) is 7.49. The fraction of sp³-hybridized carbons (Fsp3) is 0.200. The van der Waals surface area contributed by atoms with Gasteiger partial charge in [-0.3, -0.25) is 19.8 Å². The number of para-hydroxylation sites is 1. The van der Waals surface area contributed by atoms with Crippen LogP contribution in [0.25, 0.3) is 0 Å². The second kappa shape index (κ2) is 7.37. The van der Waals surface area contributed by atoms with Crippen LogP contribution in [0.4, 0.5) is 11.4 Å². The Bertz CT molecular complexity index is 1020. The molecule has 2 aliphatic heterocycles. The molecule has 2 aromatic carbocycles. The molecule has 28 heavy (non-hydrogen) atoms. The summed E-state index contributed by atoms with van der Waals surface area (Å²) >= 11 is 1.45. The summed E-state index contributed by atoms with van der Waals surface area (Å²) in [6.45, 7) is 0.387. The molecule has 4 rings (SSSR count). The molecule has 0 radical (unpaired) electrons. The van der Waals surface area contributed by atoms with Crippen LogP contribution in [0.5, 0.6) is 0 Å². The number of hydrogen-bond acceptors (Lipinski definition) is 6. The number of fused-ring (bicyclic) bond motifs is 1. The molecule has 1 saturated heterocycles. The highest BCUT2D eigenvalue weighted by Crippen LogP contribution is 2.43. The van der Waals surface area contributed by atoms with Crippen LogP contribution in [-0.4, -0.2) is 28.3 Å². The molecule has 0 aromatic heterocycles. The molecular weight excluding hydrogens is 376 g/mol. The molecule has 140 valence electrons. The van der Waals surface area contributed by atoms with Crippen molar-refractivity contribution in [3.05, 3.63) is 80.9 Å². The van der Waals surface area contributed by atoms with Gasteiger partial charge in [0.05, 0.1) is 34.1 Å². The molecule has 1 unspecified atom stereocenters. The van der Waals surface area contributed by atoms with Gasteiger partial charge in [-0.1, -0.05) is 42.1 Å². The SMILES string of the molecule is N#CC1=C2SCN(c3ccccc3)CN2C(=O)CC1c1cccc([N+](=O)[O-])c1. The van der Waals surface area contributed by atoms with Crippen molar-refractivity contribution < 1.29 is 9.72 Å². The summed E-state index contributed by atoms with van der Waals surface area (Å²) in [6.07, 6.45) is 0.122. The van der Waals surface area contributed by atoms with E-state index >= 15 is 0 Å². The van der Waals surface area contributed by atoms with Crippen LogP contribution in [0.15, 0.2) is 65.2 Å². The lowest BCUT2D eigenvalue weighted by Crippen LogP contribution is -2.47. The molecule has 8 heteroatoms. The van der Waals surface area contributed by atoms with E-state index in [1.807, 2.05) is 30.3 Å². The molecule has 0 saturated carbocycles. The zero-order valence-corrected chi connectivity index (χ0v) is 15.6. The number of hydrogen-bond donors (Lipinski definition) is 0. The average molecular weight is 392 g/mol. The number of non-ortho nitro benzene ring substituents is 1. The van der Waals surface area contributed by atoms with E-state index in [4.69, 9.17) is 0 Å². The second-order valence-electron chi connectivity index (χ2n) is 6.55. The number of carbonyl (C=O) groups excluding carboxylic acids is 1. The number of rotatable bonds is 3. The van der Waals surface area contributed by atoms with Gasteiger partial charge in [0, 0.05) is 30.2 Å². The lowest BCUT2D eigenvalue weighted by Gasteiger charge is -2.42. The van der Waals surface area contributed by atoms with Crippen LogP contribution < -0.4 is 4.90 Å².